The van der Waals surface area contributed by atoms with Crippen molar-refractivity contribution in [2.24, 2.45) is 0 Å². The fourth-order valence-electron chi connectivity index (χ4n) is 1.81. The average molecular weight is 308 g/mol. The summed E-state index contributed by atoms with van der Waals surface area (Å²) in [4.78, 5) is 23.3. The number of anilines is 1. The van der Waals surface area contributed by atoms with Crippen LogP contribution in [-0.2, 0) is 9.59 Å². The zero-order valence-electron chi connectivity index (χ0n) is 12.8. The van der Waals surface area contributed by atoms with Crippen LogP contribution >= 0.6 is 11.8 Å². The molecule has 0 atom stereocenters. The number of carbonyl (C=O) groups is 2. The molecule has 2 N–H and O–H groups in total. The highest BCUT2D eigenvalue weighted by Gasteiger charge is 2.05. The Labute approximate surface area is 131 Å². The Kier molecular flexibility index (Phi) is 8.59. The van der Waals surface area contributed by atoms with E-state index >= 15 is 0 Å². The largest absolute Gasteiger partial charge is 0.355 e. The second-order valence-corrected chi connectivity index (χ2v) is 5.95. The molecule has 21 heavy (non-hydrogen) atoms. The van der Waals surface area contributed by atoms with Crippen LogP contribution < -0.4 is 10.6 Å². The molecule has 0 aromatic heterocycles. The second-order valence-electron chi connectivity index (χ2n) is 4.97. The minimum atomic E-state index is -0.0793. The lowest BCUT2D eigenvalue weighted by molar-refractivity contribution is -0.118. The molecule has 2 amide bonds. The summed E-state index contributed by atoms with van der Waals surface area (Å²) in [6, 6.07) is 7.66. The quantitative estimate of drug-likeness (QED) is 0.690. The maximum Gasteiger partial charge on any atom is 0.234 e. The van der Waals surface area contributed by atoms with Crippen molar-refractivity contribution >= 4 is 29.3 Å². The summed E-state index contributed by atoms with van der Waals surface area (Å²) in [5.74, 6) is 0.535. The molecule has 0 aliphatic carbocycles. The van der Waals surface area contributed by atoms with Crippen LogP contribution in [0.2, 0.25) is 0 Å². The third-order valence-corrected chi connectivity index (χ3v) is 3.80. The van der Waals surface area contributed by atoms with Gasteiger partial charge in [0.1, 0.15) is 0 Å². The number of rotatable bonds is 9. The number of nitrogens with one attached hydrogen (secondary N) is 2. The molecule has 1 rings (SSSR count). The molecule has 0 radical (unpaired) electrons. The van der Waals surface area contributed by atoms with Crippen LogP contribution in [0.3, 0.4) is 0 Å². The highest BCUT2D eigenvalue weighted by Crippen LogP contribution is 2.10. The molecular formula is C16H24N2O2S. The normalized spacial score (nSPS) is 10.2. The van der Waals surface area contributed by atoms with Crippen LogP contribution in [0.1, 0.15) is 31.7 Å². The first-order valence-electron chi connectivity index (χ1n) is 7.32. The maximum absolute atomic E-state index is 11.7. The molecule has 0 heterocycles. The van der Waals surface area contributed by atoms with Crippen molar-refractivity contribution in [3.8, 4) is 0 Å². The van der Waals surface area contributed by atoms with Crippen LogP contribution in [0.15, 0.2) is 24.3 Å². The summed E-state index contributed by atoms with van der Waals surface area (Å²) in [6.07, 6.45) is 3.29. The average Bonchev–Trinajstić information content (AvgIpc) is 2.43. The van der Waals surface area contributed by atoms with E-state index in [1.54, 1.807) is 0 Å². The molecule has 0 aliphatic rings. The van der Waals surface area contributed by atoms with Gasteiger partial charge in [-0.3, -0.25) is 9.59 Å². The first-order chi connectivity index (χ1) is 10.1. The maximum atomic E-state index is 11.7. The topological polar surface area (TPSA) is 58.2 Å². The molecule has 1 aromatic carbocycles. The Hall–Kier alpha value is -1.49. The van der Waals surface area contributed by atoms with E-state index in [9.17, 15) is 9.59 Å². The Morgan fingerprint density at radius 1 is 1.14 bits per heavy atom. The standard InChI is InChI=1S/C16H24N2O2S/c1-3-4-5-9-17-15(19)11-21-12-16(20)18-14-8-6-7-13(2)10-14/h6-8,10H,3-5,9,11-12H2,1-2H3,(H,17,19)(H,18,20). The number of amides is 2. The Morgan fingerprint density at radius 3 is 2.62 bits per heavy atom. The summed E-state index contributed by atoms with van der Waals surface area (Å²) < 4.78 is 0. The highest BCUT2D eigenvalue weighted by molar-refractivity contribution is 8.00. The Balaban J connectivity index is 2.14. The van der Waals surface area contributed by atoms with Crippen molar-refractivity contribution in [1.82, 2.24) is 5.32 Å². The molecule has 0 aliphatic heterocycles. The monoisotopic (exact) mass is 308 g/mol. The van der Waals surface area contributed by atoms with Gasteiger partial charge in [0.05, 0.1) is 11.5 Å². The predicted molar refractivity (Wildman–Crippen MR) is 89.7 cm³/mol. The van der Waals surface area contributed by atoms with Crippen molar-refractivity contribution in [3.63, 3.8) is 0 Å². The molecule has 0 saturated heterocycles. The molecule has 0 bridgehead atoms. The van der Waals surface area contributed by atoms with E-state index in [0.717, 1.165) is 37.1 Å². The first-order valence-corrected chi connectivity index (χ1v) is 8.48. The summed E-state index contributed by atoms with van der Waals surface area (Å²) in [7, 11) is 0. The van der Waals surface area contributed by atoms with Crippen molar-refractivity contribution in [2.45, 2.75) is 33.1 Å². The van der Waals surface area contributed by atoms with Crippen LogP contribution in [-0.4, -0.2) is 29.9 Å². The van der Waals surface area contributed by atoms with Gasteiger partial charge in [-0.1, -0.05) is 31.9 Å². The minimum absolute atomic E-state index is 0.000501. The first kappa shape index (κ1) is 17.6. The van der Waals surface area contributed by atoms with Crippen molar-refractivity contribution < 1.29 is 9.59 Å². The van der Waals surface area contributed by atoms with E-state index in [2.05, 4.69) is 17.6 Å². The number of unbranched alkanes of at least 4 members (excludes halogenated alkanes) is 2. The molecule has 4 nitrogen and oxygen atoms in total. The molecular weight excluding hydrogens is 284 g/mol. The number of hydrogen-bond acceptors (Lipinski definition) is 3. The van der Waals surface area contributed by atoms with Gasteiger partial charge in [-0.15, -0.1) is 11.8 Å². The van der Waals surface area contributed by atoms with Gasteiger partial charge in [0, 0.05) is 12.2 Å². The zero-order chi connectivity index (χ0) is 15.5. The number of hydrogen-bond donors (Lipinski definition) is 2. The van der Waals surface area contributed by atoms with Crippen molar-refractivity contribution in [1.29, 1.82) is 0 Å². The van der Waals surface area contributed by atoms with Gasteiger partial charge >= 0.3 is 0 Å². The number of carbonyl (C=O) groups excluding carboxylic acids is 2. The summed E-state index contributed by atoms with van der Waals surface area (Å²) >= 11 is 1.33. The lowest BCUT2D eigenvalue weighted by Gasteiger charge is -2.06. The van der Waals surface area contributed by atoms with E-state index in [1.807, 2.05) is 31.2 Å². The molecule has 0 spiro atoms. The fourth-order valence-corrected chi connectivity index (χ4v) is 2.46. The summed E-state index contributed by atoms with van der Waals surface area (Å²) in [5, 5.41) is 5.68. The number of thioether (sulfide) groups is 1. The third kappa shape index (κ3) is 8.40. The molecule has 116 valence electrons. The highest BCUT2D eigenvalue weighted by atomic mass is 32.2. The van der Waals surface area contributed by atoms with E-state index in [0.29, 0.717) is 5.75 Å². The van der Waals surface area contributed by atoms with Crippen molar-refractivity contribution in [3.05, 3.63) is 29.8 Å². The van der Waals surface area contributed by atoms with Gasteiger partial charge in [-0.2, -0.15) is 0 Å². The van der Waals surface area contributed by atoms with Crippen LogP contribution in [0, 0.1) is 6.92 Å². The van der Waals surface area contributed by atoms with Crippen LogP contribution in [0.4, 0.5) is 5.69 Å². The summed E-state index contributed by atoms with van der Waals surface area (Å²) in [6.45, 7) is 4.83. The molecule has 0 unspecified atom stereocenters. The lowest BCUT2D eigenvalue weighted by Crippen LogP contribution is -2.27. The Morgan fingerprint density at radius 2 is 1.90 bits per heavy atom. The van der Waals surface area contributed by atoms with E-state index in [-0.39, 0.29) is 17.6 Å². The number of aryl methyl sites for hydroxylation is 1. The SMILES string of the molecule is CCCCCNC(=O)CSCC(=O)Nc1cccc(C)c1. The minimum Gasteiger partial charge on any atom is -0.355 e. The van der Waals surface area contributed by atoms with Gasteiger partial charge in [-0.25, -0.2) is 0 Å². The van der Waals surface area contributed by atoms with Gasteiger partial charge in [0.15, 0.2) is 0 Å². The molecule has 1 aromatic rings. The number of benzene rings is 1. The molecule has 5 heteroatoms. The smallest absolute Gasteiger partial charge is 0.234 e. The second kappa shape index (κ2) is 10.3. The van der Waals surface area contributed by atoms with Crippen LogP contribution in [0.25, 0.3) is 0 Å². The van der Waals surface area contributed by atoms with Gasteiger partial charge in [0.25, 0.3) is 0 Å². The van der Waals surface area contributed by atoms with E-state index in [1.165, 1.54) is 11.8 Å². The van der Waals surface area contributed by atoms with Crippen LogP contribution in [0.5, 0.6) is 0 Å². The predicted octanol–water partition coefficient (Wildman–Crippen LogP) is 2.97. The fraction of sp³-hybridized carbons (Fsp3) is 0.500. The zero-order valence-corrected chi connectivity index (χ0v) is 13.6. The van der Waals surface area contributed by atoms with Gasteiger partial charge in [0.2, 0.25) is 11.8 Å². The summed E-state index contributed by atoms with van der Waals surface area (Å²) in [5.41, 5.74) is 1.90. The third-order valence-electron chi connectivity index (χ3n) is 2.87. The van der Waals surface area contributed by atoms with Gasteiger partial charge < -0.3 is 10.6 Å². The van der Waals surface area contributed by atoms with E-state index < -0.39 is 0 Å². The lowest BCUT2D eigenvalue weighted by atomic mass is 10.2. The van der Waals surface area contributed by atoms with E-state index in [4.69, 9.17) is 0 Å². The Bertz CT molecular complexity index is 463. The molecule has 0 fully saturated rings. The van der Waals surface area contributed by atoms with Gasteiger partial charge in [-0.05, 0) is 31.0 Å². The van der Waals surface area contributed by atoms with Crippen molar-refractivity contribution in [2.75, 3.05) is 23.4 Å². The molecule has 0 saturated carbocycles.